The van der Waals surface area contributed by atoms with Crippen molar-refractivity contribution in [3.05, 3.63) is 47.7 Å². The molecule has 0 spiro atoms. The number of hydrogen-bond donors (Lipinski definition) is 2. The van der Waals surface area contributed by atoms with E-state index in [0.29, 0.717) is 49.0 Å². The van der Waals surface area contributed by atoms with Gasteiger partial charge in [0.1, 0.15) is 13.2 Å². The number of aliphatic hydroxyl groups excluding tert-OH is 1. The summed E-state index contributed by atoms with van der Waals surface area (Å²) < 4.78 is 16.2. The second kappa shape index (κ2) is 7.44. The highest BCUT2D eigenvalue weighted by Crippen LogP contribution is 2.38. The first-order valence-electron chi connectivity index (χ1n) is 9.02. The van der Waals surface area contributed by atoms with Gasteiger partial charge in [-0.2, -0.15) is 0 Å². The van der Waals surface area contributed by atoms with Crippen molar-refractivity contribution in [3.8, 4) is 17.4 Å². The Morgan fingerprint density at radius 3 is 2.67 bits per heavy atom. The number of nitrogens with one attached hydrogen (secondary N) is 1. The average molecular weight is 370 g/mol. The molecule has 0 unspecified atom stereocenters. The van der Waals surface area contributed by atoms with Crippen LogP contribution in [0.15, 0.2) is 36.5 Å². The third-order valence-corrected chi connectivity index (χ3v) is 5.04. The number of carbonyl (C=O) groups is 1. The molecule has 7 heteroatoms. The molecule has 1 fully saturated rings. The maximum absolute atomic E-state index is 12.8. The molecule has 0 bridgehead atoms. The van der Waals surface area contributed by atoms with Crippen LogP contribution in [0, 0.1) is 5.92 Å². The summed E-state index contributed by atoms with van der Waals surface area (Å²) in [6.45, 7) is 0.979. The summed E-state index contributed by atoms with van der Waals surface area (Å²) in [5.41, 5.74) is 1.39. The van der Waals surface area contributed by atoms with E-state index in [9.17, 15) is 9.90 Å². The first-order valence-corrected chi connectivity index (χ1v) is 9.02. The van der Waals surface area contributed by atoms with E-state index >= 15 is 0 Å². The van der Waals surface area contributed by atoms with Gasteiger partial charge in [0.15, 0.2) is 11.5 Å². The predicted molar refractivity (Wildman–Crippen MR) is 97.2 cm³/mol. The number of methoxy groups -OCH3 is 1. The Hall–Kier alpha value is -2.80. The lowest BCUT2D eigenvalue weighted by Gasteiger charge is -2.38. The molecule has 1 aromatic heterocycles. The lowest BCUT2D eigenvalue weighted by molar-refractivity contribution is 0.0234. The minimum atomic E-state index is -0.310. The largest absolute Gasteiger partial charge is 0.486 e. The van der Waals surface area contributed by atoms with Gasteiger partial charge in [0.2, 0.25) is 5.88 Å². The molecule has 1 atom stereocenters. The van der Waals surface area contributed by atoms with E-state index < -0.39 is 0 Å². The fourth-order valence-corrected chi connectivity index (χ4v) is 3.48. The van der Waals surface area contributed by atoms with Gasteiger partial charge in [-0.1, -0.05) is 6.07 Å². The summed E-state index contributed by atoms with van der Waals surface area (Å²) in [4.78, 5) is 17.1. The molecule has 2 aliphatic rings. The topological polar surface area (TPSA) is 89.9 Å². The van der Waals surface area contributed by atoms with Crippen molar-refractivity contribution in [2.45, 2.75) is 25.0 Å². The van der Waals surface area contributed by atoms with Crippen LogP contribution in [0.2, 0.25) is 0 Å². The zero-order valence-corrected chi connectivity index (χ0v) is 15.1. The van der Waals surface area contributed by atoms with Crippen LogP contribution in [0.5, 0.6) is 17.4 Å². The van der Waals surface area contributed by atoms with Crippen LogP contribution >= 0.6 is 0 Å². The lowest BCUT2D eigenvalue weighted by atomic mass is 9.75. The second-order valence-electron chi connectivity index (χ2n) is 6.83. The number of pyridine rings is 1. The smallest absolute Gasteiger partial charge is 0.251 e. The van der Waals surface area contributed by atoms with Crippen LogP contribution < -0.4 is 19.5 Å². The number of carbonyl (C=O) groups excluding carboxylic acids is 1. The standard InChI is InChI=1S/C20H22N2O5/c1-25-18-5-3-13(11-21-18)19(14-8-15(23)9-14)22-20(24)12-2-4-16-17(10-12)27-7-6-26-16/h2-5,10-11,14-15,19,23H,6-9H2,1H3,(H,22,24)/t14?,15?,19-/m0/s1. The Morgan fingerprint density at radius 1 is 1.22 bits per heavy atom. The molecule has 2 heterocycles. The van der Waals surface area contributed by atoms with Crippen LogP contribution in [-0.2, 0) is 0 Å². The molecule has 2 N–H and O–H groups in total. The van der Waals surface area contributed by atoms with E-state index in [2.05, 4.69) is 10.3 Å². The number of benzene rings is 1. The highest BCUT2D eigenvalue weighted by molar-refractivity contribution is 5.95. The molecule has 1 aliphatic heterocycles. The number of aliphatic hydroxyl groups is 1. The maximum Gasteiger partial charge on any atom is 0.251 e. The maximum atomic E-state index is 12.8. The first-order chi connectivity index (χ1) is 13.1. The molecular weight excluding hydrogens is 348 g/mol. The van der Waals surface area contributed by atoms with Crippen molar-refractivity contribution in [3.63, 3.8) is 0 Å². The zero-order chi connectivity index (χ0) is 18.8. The molecule has 1 amide bonds. The number of amides is 1. The van der Waals surface area contributed by atoms with Gasteiger partial charge in [0, 0.05) is 17.8 Å². The number of ether oxygens (including phenoxy) is 3. The Morgan fingerprint density at radius 2 is 2.00 bits per heavy atom. The van der Waals surface area contributed by atoms with Gasteiger partial charge in [0.05, 0.1) is 19.3 Å². The average Bonchev–Trinajstić information content (AvgIpc) is 2.69. The minimum Gasteiger partial charge on any atom is -0.486 e. The third kappa shape index (κ3) is 3.68. The molecule has 0 saturated heterocycles. The molecule has 1 saturated carbocycles. The summed E-state index contributed by atoms with van der Waals surface area (Å²) in [6, 6.07) is 8.61. The highest BCUT2D eigenvalue weighted by atomic mass is 16.6. The van der Waals surface area contributed by atoms with Crippen molar-refractivity contribution >= 4 is 5.91 Å². The highest BCUT2D eigenvalue weighted by Gasteiger charge is 2.36. The van der Waals surface area contributed by atoms with Gasteiger partial charge in [-0.25, -0.2) is 4.98 Å². The number of fused-ring (bicyclic) bond motifs is 1. The summed E-state index contributed by atoms with van der Waals surface area (Å²) in [5.74, 6) is 1.71. The number of hydrogen-bond acceptors (Lipinski definition) is 6. The van der Waals surface area contributed by atoms with E-state index in [1.807, 2.05) is 6.07 Å². The molecule has 4 rings (SSSR count). The molecule has 0 radical (unpaired) electrons. The van der Waals surface area contributed by atoms with Gasteiger partial charge in [0.25, 0.3) is 5.91 Å². The van der Waals surface area contributed by atoms with Crippen molar-refractivity contribution < 1.29 is 24.1 Å². The quantitative estimate of drug-likeness (QED) is 0.838. The summed E-state index contributed by atoms with van der Waals surface area (Å²) >= 11 is 0. The molecule has 27 heavy (non-hydrogen) atoms. The molecule has 142 valence electrons. The summed E-state index contributed by atoms with van der Waals surface area (Å²) in [5, 5.41) is 12.8. The second-order valence-corrected chi connectivity index (χ2v) is 6.83. The molecular formula is C20H22N2O5. The van der Waals surface area contributed by atoms with E-state index in [1.165, 1.54) is 0 Å². The molecule has 2 aromatic rings. The SMILES string of the molecule is COc1ccc([C@H](NC(=O)c2ccc3c(c2)OCCO3)C2CC(O)C2)cn1. The molecule has 1 aliphatic carbocycles. The Kier molecular flexibility index (Phi) is 4.85. The van der Waals surface area contributed by atoms with Crippen molar-refractivity contribution in [2.24, 2.45) is 5.92 Å². The zero-order valence-electron chi connectivity index (χ0n) is 15.1. The minimum absolute atomic E-state index is 0.163. The van der Waals surface area contributed by atoms with Crippen molar-refractivity contribution in [1.82, 2.24) is 10.3 Å². The van der Waals surface area contributed by atoms with Gasteiger partial charge in [-0.05, 0) is 42.5 Å². The Bertz CT molecular complexity index is 818. The van der Waals surface area contributed by atoms with Crippen LogP contribution in [-0.4, -0.2) is 42.4 Å². The van der Waals surface area contributed by atoms with Crippen molar-refractivity contribution in [2.75, 3.05) is 20.3 Å². The summed E-state index contributed by atoms with van der Waals surface area (Å²) in [7, 11) is 1.56. The van der Waals surface area contributed by atoms with Gasteiger partial charge < -0.3 is 24.6 Å². The monoisotopic (exact) mass is 370 g/mol. The number of aromatic nitrogens is 1. The third-order valence-electron chi connectivity index (χ3n) is 5.04. The van der Waals surface area contributed by atoms with Crippen LogP contribution in [0.1, 0.15) is 34.8 Å². The molecule has 1 aromatic carbocycles. The molecule has 7 nitrogen and oxygen atoms in total. The fraction of sp³-hybridized carbons (Fsp3) is 0.400. The fourth-order valence-electron chi connectivity index (χ4n) is 3.48. The van der Waals surface area contributed by atoms with Crippen LogP contribution in [0.4, 0.5) is 0 Å². The number of nitrogens with zero attached hydrogens (tertiary/aromatic N) is 1. The van der Waals surface area contributed by atoms with E-state index in [1.54, 1.807) is 37.6 Å². The normalized spacial score (nSPS) is 21.7. The van der Waals surface area contributed by atoms with Gasteiger partial charge >= 0.3 is 0 Å². The Labute approximate surface area is 157 Å². The summed E-state index contributed by atoms with van der Waals surface area (Å²) in [6.07, 6.45) is 2.70. The predicted octanol–water partition coefficient (Wildman–Crippen LogP) is 2.10. The lowest BCUT2D eigenvalue weighted by Crippen LogP contribution is -2.41. The van der Waals surface area contributed by atoms with Crippen LogP contribution in [0.3, 0.4) is 0 Å². The van der Waals surface area contributed by atoms with Gasteiger partial charge in [-0.15, -0.1) is 0 Å². The van der Waals surface area contributed by atoms with Crippen LogP contribution in [0.25, 0.3) is 0 Å². The van der Waals surface area contributed by atoms with Crippen molar-refractivity contribution in [1.29, 1.82) is 0 Å². The van der Waals surface area contributed by atoms with E-state index in [-0.39, 0.29) is 24.0 Å². The van der Waals surface area contributed by atoms with E-state index in [4.69, 9.17) is 14.2 Å². The Balaban J connectivity index is 1.54. The first kappa shape index (κ1) is 17.6. The number of rotatable bonds is 5. The van der Waals surface area contributed by atoms with E-state index in [0.717, 1.165) is 5.56 Å². The van der Waals surface area contributed by atoms with Gasteiger partial charge in [-0.3, -0.25) is 4.79 Å².